The molecule has 1 aromatic rings. The maximum atomic E-state index is 5.74. The number of pyridine rings is 1. The van der Waals surface area contributed by atoms with Crippen molar-refractivity contribution in [2.45, 2.75) is 39.0 Å². The average molecular weight is 219 g/mol. The molecule has 0 amide bonds. The van der Waals surface area contributed by atoms with Gasteiger partial charge in [0.05, 0.1) is 11.4 Å². The molecule has 3 nitrogen and oxygen atoms in total. The minimum atomic E-state index is 0.767. The zero-order valence-electron chi connectivity index (χ0n) is 10.00. The van der Waals surface area contributed by atoms with Crippen LogP contribution in [0.2, 0.25) is 0 Å². The number of nitrogen functional groups attached to an aromatic ring is 1. The van der Waals surface area contributed by atoms with Gasteiger partial charge in [-0.05, 0) is 37.8 Å². The van der Waals surface area contributed by atoms with E-state index >= 15 is 0 Å². The molecule has 1 saturated carbocycles. The topological polar surface area (TPSA) is 50.9 Å². The summed E-state index contributed by atoms with van der Waals surface area (Å²) < 4.78 is 0. The highest BCUT2D eigenvalue weighted by Crippen LogP contribution is 2.23. The van der Waals surface area contributed by atoms with E-state index in [0.29, 0.717) is 0 Å². The van der Waals surface area contributed by atoms with Gasteiger partial charge in [0, 0.05) is 6.54 Å². The third-order valence-electron chi connectivity index (χ3n) is 3.42. The van der Waals surface area contributed by atoms with Gasteiger partial charge in [-0.25, -0.2) is 4.98 Å². The summed E-state index contributed by atoms with van der Waals surface area (Å²) in [4.78, 5) is 4.42. The summed E-state index contributed by atoms with van der Waals surface area (Å²) in [5.41, 5.74) is 7.42. The lowest BCUT2D eigenvalue weighted by Crippen LogP contribution is -2.17. The number of nitrogens with two attached hydrogens (primary N) is 1. The number of hydrogen-bond donors (Lipinski definition) is 2. The van der Waals surface area contributed by atoms with Crippen LogP contribution in [0.1, 0.15) is 37.8 Å². The van der Waals surface area contributed by atoms with Crippen molar-refractivity contribution in [3.8, 4) is 0 Å². The summed E-state index contributed by atoms with van der Waals surface area (Å²) >= 11 is 0. The molecule has 0 spiro atoms. The molecule has 16 heavy (non-hydrogen) atoms. The normalized spacial score (nSPS) is 17.3. The van der Waals surface area contributed by atoms with Gasteiger partial charge in [-0.3, -0.25) is 0 Å². The number of hydrogen-bond acceptors (Lipinski definition) is 3. The Labute approximate surface area is 97.5 Å². The van der Waals surface area contributed by atoms with Gasteiger partial charge in [0.2, 0.25) is 0 Å². The molecule has 3 heteroatoms. The standard InChI is InChI=1S/C13H21N3/c1-10-12(14)7-8-13(16-10)15-9-11-5-3-2-4-6-11/h7-8,11H,2-6,9,14H2,1H3,(H,15,16). The Bertz CT molecular complexity index is 343. The lowest BCUT2D eigenvalue weighted by atomic mass is 9.89. The van der Waals surface area contributed by atoms with E-state index in [1.165, 1.54) is 32.1 Å². The van der Waals surface area contributed by atoms with Crippen molar-refractivity contribution in [3.05, 3.63) is 17.8 Å². The molecular formula is C13H21N3. The maximum absolute atomic E-state index is 5.74. The van der Waals surface area contributed by atoms with Gasteiger partial charge in [0.1, 0.15) is 5.82 Å². The lowest BCUT2D eigenvalue weighted by molar-refractivity contribution is 0.373. The molecule has 0 bridgehead atoms. The first kappa shape index (κ1) is 11.2. The molecule has 2 rings (SSSR count). The summed E-state index contributed by atoms with van der Waals surface area (Å²) in [5.74, 6) is 1.78. The van der Waals surface area contributed by atoms with Gasteiger partial charge < -0.3 is 11.1 Å². The predicted octanol–water partition coefficient (Wildman–Crippen LogP) is 2.96. The molecule has 3 N–H and O–H groups in total. The molecule has 0 saturated heterocycles. The van der Waals surface area contributed by atoms with Crippen molar-refractivity contribution < 1.29 is 0 Å². The summed E-state index contributed by atoms with van der Waals surface area (Å²) in [7, 11) is 0. The average Bonchev–Trinajstić information content (AvgIpc) is 2.32. The van der Waals surface area contributed by atoms with Gasteiger partial charge in [-0.15, -0.1) is 0 Å². The highest BCUT2D eigenvalue weighted by molar-refractivity contribution is 5.48. The minimum Gasteiger partial charge on any atom is -0.397 e. The minimum absolute atomic E-state index is 0.767. The van der Waals surface area contributed by atoms with Crippen LogP contribution < -0.4 is 11.1 Å². The molecule has 1 aliphatic carbocycles. The van der Waals surface area contributed by atoms with Crippen LogP contribution in [0, 0.1) is 12.8 Å². The van der Waals surface area contributed by atoms with Crippen molar-refractivity contribution in [1.29, 1.82) is 0 Å². The van der Waals surface area contributed by atoms with Gasteiger partial charge in [-0.1, -0.05) is 19.3 Å². The zero-order chi connectivity index (χ0) is 11.4. The predicted molar refractivity (Wildman–Crippen MR) is 68.5 cm³/mol. The Morgan fingerprint density at radius 1 is 1.31 bits per heavy atom. The molecule has 0 aromatic carbocycles. The summed E-state index contributed by atoms with van der Waals surface area (Å²) in [5, 5.41) is 3.42. The number of aryl methyl sites for hydroxylation is 1. The molecule has 1 aliphatic rings. The molecule has 88 valence electrons. The number of aromatic nitrogens is 1. The Kier molecular flexibility index (Phi) is 3.65. The van der Waals surface area contributed by atoms with Crippen molar-refractivity contribution in [3.63, 3.8) is 0 Å². The van der Waals surface area contributed by atoms with Crippen LogP contribution in [0.4, 0.5) is 11.5 Å². The Hall–Kier alpha value is -1.25. The monoisotopic (exact) mass is 219 g/mol. The largest absolute Gasteiger partial charge is 0.397 e. The first-order chi connectivity index (χ1) is 7.75. The molecule has 0 aliphatic heterocycles. The highest BCUT2D eigenvalue weighted by atomic mass is 15.0. The third-order valence-corrected chi connectivity index (χ3v) is 3.42. The van der Waals surface area contributed by atoms with Gasteiger partial charge in [0.15, 0.2) is 0 Å². The van der Waals surface area contributed by atoms with E-state index in [-0.39, 0.29) is 0 Å². The van der Waals surface area contributed by atoms with Crippen LogP contribution >= 0.6 is 0 Å². The van der Waals surface area contributed by atoms with Crippen LogP contribution in [-0.4, -0.2) is 11.5 Å². The van der Waals surface area contributed by atoms with E-state index in [0.717, 1.165) is 29.7 Å². The molecule has 0 radical (unpaired) electrons. The Morgan fingerprint density at radius 2 is 2.06 bits per heavy atom. The fourth-order valence-electron chi connectivity index (χ4n) is 2.31. The number of nitrogens with zero attached hydrogens (tertiary/aromatic N) is 1. The molecule has 1 heterocycles. The summed E-state index contributed by atoms with van der Waals surface area (Å²) in [6, 6.07) is 3.89. The SMILES string of the molecule is Cc1nc(NCC2CCCCC2)ccc1N. The first-order valence-electron chi connectivity index (χ1n) is 6.22. The van der Waals surface area contributed by atoms with Crippen LogP contribution in [0.15, 0.2) is 12.1 Å². The van der Waals surface area contributed by atoms with E-state index in [9.17, 15) is 0 Å². The number of rotatable bonds is 3. The van der Waals surface area contributed by atoms with Crippen molar-refractivity contribution in [2.75, 3.05) is 17.6 Å². The molecule has 1 fully saturated rings. The van der Waals surface area contributed by atoms with E-state index in [4.69, 9.17) is 5.73 Å². The fourth-order valence-corrected chi connectivity index (χ4v) is 2.31. The quantitative estimate of drug-likeness (QED) is 0.821. The number of nitrogens with one attached hydrogen (secondary N) is 1. The van der Waals surface area contributed by atoms with Gasteiger partial charge in [0.25, 0.3) is 0 Å². The van der Waals surface area contributed by atoms with E-state index in [2.05, 4.69) is 10.3 Å². The van der Waals surface area contributed by atoms with E-state index in [1.54, 1.807) is 0 Å². The van der Waals surface area contributed by atoms with Gasteiger partial charge >= 0.3 is 0 Å². The van der Waals surface area contributed by atoms with Crippen LogP contribution in [0.3, 0.4) is 0 Å². The second-order valence-electron chi connectivity index (χ2n) is 4.76. The van der Waals surface area contributed by atoms with Gasteiger partial charge in [-0.2, -0.15) is 0 Å². The van der Waals surface area contributed by atoms with Crippen LogP contribution in [0.5, 0.6) is 0 Å². The zero-order valence-corrected chi connectivity index (χ0v) is 10.00. The lowest BCUT2D eigenvalue weighted by Gasteiger charge is -2.22. The van der Waals surface area contributed by atoms with Crippen LogP contribution in [-0.2, 0) is 0 Å². The van der Waals surface area contributed by atoms with Crippen molar-refractivity contribution in [1.82, 2.24) is 4.98 Å². The first-order valence-corrected chi connectivity index (χ1v) is 6.22. The van der Waals surface area contributed by atoms with Crippen molar-refractivity contribution >= 4 is 11.5 Å². The number of anilines is 2. The second kappa shape index (κ2) is 5.19. The van der Waals surface area contributed by atoms with E-state index < -0.39 is 0 Å². The highest BCUT2D eigenvalue weighted by Gasteiger charge is 2.12. The van der Waals surface area contributed by atoms with Crippen molar-refractivity contribution in [2.24, 2.45) is 5.92 Å². The second-order valence-corrected chi connectivity index (χ2v) is 4.76. The summed E-state index contributed by atoms with van der Waals surface area (Å²) in [6.07, 6.45) is 6.92. The summed E-state index contributed by atoms with van der Waals surface area (Å²) in [6.45, 7) is 3.00. The molecule has 0 atom stereocenters. The maximum Gasteiger partial charge on any atom is 0.126 e. The molecule has 1 aromatic heterocycles. The smallest absolute Gasteiger partial charge is 0.126 e. The molecule has 0 unspecified atom stereocenters. The molecular weight excluding hydrogens is 198 g/mol. The Balaban J connectivity index is 1.86. The third kappa shape index (κ3) is 2.87. The van der Waals surface area contributed by atoms with Crippen LogP contribution in [0.25, 0.3) is 0 Å². The Morgan fingerprint density at radius 3 is 2.75 bits per heavy atom. The van der Waals surface area contributed by atoms with E-state index in [1.807, 2.05) is 19.1 Å². The fraction of sp³-hybridized carbons (Fsp3) is 0.615.